The highest BCUT2D eigenvalue weighted by molar-refractivity contribution is 5.88. The smallest absolute Gasteiger partial charge is 0.306 e. The van der Waals surface area contributed by atoms with Crippen molar-refractivity contribution < 1.29 is 19.0 Å². The first kappa shape index (κ1) is 16.7. The topological polar surface area (TPSA) is 115 Å². The van der Waals surface area contributed by atoms with Crippen LogP contribution in [-0.2, 0) is 9.53 Å². The van der Waals surface area contributed by atoms with Crippen molar-refractivity contribution in [1.82, 2.24) is 25.6 Å². The van der Waals surface area contributed by atoms with Crippen molar-refractivity contribution in [3.05, 3.63) is 29.7 Å². The van der Waals surface area contributed by atoms with Gasteiger partial charge >= 0.3 is 5.97 Å². The number of H-pyrrole nitrogens is 2. The molecule has 0 saturated carbocycles. The minimum atomic E-state index is -0.398. The number of aromatic nitrogens is 5. The van der Waals surface area contributed by atoms with Crippen molar-refractivity contribution >= 4 is 16.9 Å². The Morgan fingerprint density at radius 2 is 2.00 bits per heavy atom. The Labute approximate surface area is 143 Å². The molecule has 9 nitrogen and oxygen atoms in total. The average Bonchev–Trinajstić information content (AvgIpc) is 3.28. The number of aromatic amines is 2. The SMILES string of the molecule is CCOC(=O)CC(c1nn[nH]n1)c1c[nH]c2cc(OC)c(OC)cc12. The van der Waals surface area contributed by atoms with Crippen molar-refractivity contribution in [2.45, 2.75) is 19.3 Å². The molecule has 0 aliphatic heterocycles. The number of nitrogens with one attached hydrogen (secondary N) is 2. The molecule has 3 aromatic rings. The van der Waals surface area contributed by atoms with E-state index in [9.17, 15) is 4.79 Å². The summed E-state index contributed by atoms with van der Waals surface area (Å²) in [7, 11) is 3.15. The van der Waals surface area contributed by atoms with Gasteiger partial charge in [0.15, 0.2) is 17.3 Å². The van der Waals surface area contributed by atoms with E-state index in [-0.39, 0.29) is 12.4 Å². The number of esters is 1. The fourth-order valence-electron chi connectivity index (χ4n) is 2.80. The van der Waals surface area contributed by atoms with Crippen LogP contribution >= 0.6 is 0 Å². The molecular formula is C16H19N5O4. The Morgan fingerprint density at radius 3 is 2.64 bits per heavy atom. The zero-order chi connectivity index (χ0) is 17.8. The van der Waals surface area contributed by atoms with Crippen LogP contribution in [0.3, 0.4) is 0 Å². The van der Waals surface area contributed by atoms with Crippen LogP contribution in [0.1, 0.15) is 30.7 Å². The predicted molar refractivity (Wildman–Crippen MR) is 88.7 cm³/mol. The van der Waals surface area contributed by atoms with Gasteiger partial charge < -0.3 is 19.2 Å². The van der Waals surface area contributed by atoms with Gasteiger partial charge in [-0.2, -0.15) is 5.21 Å². The molecule has 132 valence electrons. The molecule has 0 aliphatic rings. The van der Waals surface area contributed by atoms with E-state index >= 15 is 0 Å². The van der Waals surface area contributed by atoms with E-state index in [4.69, 9.17) is 14.2 Å². The Kier molecular flexibility index (Phi) is 4.82. The van der Waals surface area contributed by atoms with Gasteiger partial charge in [-0.1, -0.05) is 5.21 Å². The van der Waals surface area contributed by atoms with Crippen LogP contribution in [0.25, 0.3) is 10.9 Å². The molecule has 25 heavy (non-hydrogen) atoms. The van der Waals surface area contributed by atoms with Crippen molar-refractivity contribution in [1.29, 1.82) is 0 Å². The maximum Gasteiger partial charge on any atom is 0.306 e. The van der Waals surface area contributed by atoms with E-state index < -0.39 is 5.92 Å². The lowest BCUT2D eigenvalue weighted by Crippen LogP contribution is -2.12. The van der Waals surface area contributed by atoms with Crippen LogP contribution in [0.4, 0.5) is 0 Å². The molecular weight excluding hydrogens is 326 g/mol. The maximum atomic E-state index is 12.0. The summed E-state index contributed by atoms with van der Waals surface area (Å²) in [6.45, 7) is 2.08. The van der Waals surface area contributed by atoms with E-state index in [1.54, 1.807) is 21.1 Å². The van der Waals surface area contributed by atoms with Gasteiger partial charge in [-0.3, -0.25) is 4.79 Å². The first-order chi connectivity index (χ1) is 12.2. The number of carbonyl (C=O) groups excluding carboxylic acids is 1. The highest BCUT2D eigenvalue weighted by Gasteiger charge is 2.26. The standard InChI is InChI=1S/C16H19N5O4/c1-4-25-15(22)6-10(16-18-20-21-19-16)11-8-17-12-7-14(24-3)13(23-2)5-9(11)12/h5,7-8,10,17H,4,6H2,1-3H3,(H,18,19,20,21). The molecule has 1 unspecified atom stereocenters. The molecule has 2 heterocycles. The second-order valence-electron chi connectivity index (χ2n) is 5.33. The second kappa shape index (κ2) is 7.20. The van der Waals surface area contributed by atoms with Crippen LogP contribution in [0.15, 0.2) is 18.3 Å². The fourth-order valence-corrected chi connectivity index (χ4v) is 2.80. The Hall–Kier alpha value is -3.10. The zero-order valence-electron chi connectivity index (χ0n) is 14.2. The van der Waals surface area contributed by atoms with E-state index in [0.717, 1.165) is 16.5 Å². The number of tetrazole rings is 1. The van der Waals surface area contributed by atoms with Gasteiger partial charge in [0.25, 0.3) is 0 Å². The summed E-state index contributed by atoms with van der Waals surface area (Å²) in [5.74, 6) is 0.907. The molecule has 3 rings (SSSR count). The van der Waals surface area contributed by atoms with Gasteiger partial charge in [-0.25, -0.2) is 0 Å². The molecule has 9 heteroatoms. The number of methoxy groups -OCH3 is 2. The Bertz CT molecular complexity index is 859. The number of rotatable bonds is 7. The van der Waals surface area contributed by atoms with Gasteiger partial charge in [0, 0.05) is 23.2 Å². The third-order valence-corrected chi connectivity index (χ3v) is 3.94. The molecule has 0 bridgehead atoms. The van der Waals surface area contributed by atoms with Gasteiger partial charge in [0.1, 0.15) is 0 Å². The first-order valence-electron chi connectivity index (χ1n) is 7.79. The van der Waals surface area contributed by atoms with Gasteiger partial charge in [0.05, 0.1) is 33.2 Å². The lowest BCUT2D eigenvalue weighted by atomic mass is 9.94. The molecule has 1 aromatic carbocycles. The Morgan fingerprint density at radius 1 is 1.24 bits per heavy atom. The first-order valence-corrected chi connectivity index (χ1v) is 7.79. The maximum absolute atomic E-state index is 12.0. The van der Waals surface area contributed by atoms with Crippen LogP contribution in [-0.4, -0.2) is 52.4 Å². The summed E-state index contributed by atoms with van der Waals surface area (Å²) >= 11 is 0. The van der Waals surface area contributed by atoms with E-state index in [1.807, 2.05) is 18.3 Å². The van der Waals surface area contributed by atoms with E-state index in [1.165, 1.54) is 0 Å². The summed E-state index contributed by atoms with van der Waals surface area (Å²) in [5, 5.41) is 15.0. The summed E-state index contributed by atoms with van der Waals surface area (Å²) in [6.07, 6.45) is 1.93. The van der Waals surface area contributed by atoms with Crippen LogP contribution < -0.4 is 9.47 Å². The third-order valence-electron chi connectivity index (χ3n) is 3.94. The zero-order valence-corrected chi connectivity index (χ0v) is 14.2. The number of nitrogens with zero attached hydrogens (tertiary/aromatic N) is 3. The molecule has 1 atom stereocenters. The molecule has 0 radical (unpaired) electrons. The molecule has 2 N–H and O–H groups in total. The highest BCUT2D eigenvalue weighted by atomic mass is 16.5. The minimum Gasteiger partial charge on any atom is -0.493 e. The largest absolute Gasteiger partial charge is 0.493 e. The van der Waals surface area contributed by atoms with E-state index in [2.05, 4.69) is 25.6 Å². The number of ether oxygens (including phenoxy) is 3. The van der Waals surface area contributed by atoms with Crippen molar-refractivity contribution in [3.63, 3.8) is 0 Å². The fraction of sp³-hybridized carbons (Fsp3) is 0.375. The van der Waals surface area contributed by atoms with Crippen LogP contribution in [0.2, 0.25) is 0 Å². The highest BCUT2D eigenvalue weighted by Crippen LogP contribution is 2.37. The molecule has 0 fully saturated rings. The lowest BCUT2D eigenvalue weighted by molar-refractivity contribution is -0.143. The summed E-state index contributed by atoms with van der Waals surface area (Å²) < 4.78 is 15.8. The van der Waals surface area contributed by atoms with Crippen LogP contribution in [0.5, 0.6) is 11.5 Å². The quantitative estimate of drug-likeness (QED) is 0.627. The summed E-state index contributed by atoms with van der Waals surface area (Å²) in [6, 6.07) is 3.70. The Balaban J connectivity index is 2.07. The van der Waals surface area contributed by atoms with Crippen LogP contribution in [0, 0.1) is 0 Å². The normalized spacial score (nSPS) is 12.1. The molecule has 0 amide bonds. The molecule has 0 spiro atoms. The molecule has 0 saturated heterocycles. The van der Waals surface area contributed by atoms with Gasteiger partial charge in [0.2, 0.25) is 0 Å². The second-order valence-corrected chi connectivity index (χ2v) is 5.33. The number of benzene rings is 1. The van der Waals surface area contributed by atoms with Crippen molar-refractivity contribution in [2.24, 2.45) is 0 Å². The van der Waals surface area contributed by atoms with Crippen molar-refractivity contribution in [2.75, 3.05) is 20.8 Å². The lowest BCUT2D eigenvalue weighted by Gasteiger charge is -2.13. The number of hydrogen-bond acceptors (Lipinski definition) is 7. The molecule has 2 aromatic heterocycles. The monoisotopic (exact) mass is 345 g/mol. The van der Waals surface area contributed by atoms with E-state index in [0.29, 0.717) is 23.9 Å². The molecule has 0 aliphatic carbocycles. The average molecular weight is 345 g/mol. The summed E-state index contributed by atoms with van der Waals surface area (Å²) in [5.41, 5.74) is 1.70. The minimum absolute atomic E-state index is 0.106. The predicted octanol–water partition coefficient (Wildman–Crippen LogP) is 1.78. The number of carbonyl (C=O) groups is 1. The number of hydrogen-bond donors (Lipinski definition) is 2. The van der Waals surface area contributed by atoms with Gasteiger partial charge in [-0.05, 0) is 18.6 Å². The summed E-state index contributed by atoms with van der Waals surface area (Å²) in [4.78, 5) is 15.2. The van der Waals surface area contributed by atoms with Gasteiger partial charge in [-0.15, -0.1) is 10.2 Å². The number of fused-ring (bicyclic) bond motifs is 1. The third kappa shape index (κ3) is 3.25. The van der Waals surface area contributed by atoms with Crippen molar-refractivity contribution in [3.8, 4) is 11.5 Å².